The summed E-state index contributed by atoms with van der Waals surface area (Å²) in [5.41, 5.74) is 3.63. The molecule has 4 nitrogen and oxygen atoms in total. The first-order chi connectivity index (χ1) is 15.7. The van der Waals surface area contributed by atoms with Crippen LogP contribution in [0.15, 0.2) is 84.9 Å². The molecule has 1 aliphatic heterocycles. The van der Waals surface area contributed by atoms with Crippen LogP contribution in [0.25, 0.3) is 0 Å². The molecule has 0 aromatic heterocycles. The second kappa shape index (κ2) is 11.0. The van der Waals surface area contributed by atoms with Crippen LogP contribution in [-0.4, -0.2) is 35.8 Å². The highest BCUT2D eigenvalue weighted by Gasteiger charge is 2.27. The monoisotopic (exact) mass is 428 g/mol. The van der Waals surface area contributed by atoms with Gasteiger partial charge in [-0.2, -0.15) is 0 Å². The molecular weight excluding hydrogens is 396 g/mol. The van der Waals surface area contributed by atoms with Crippen molar-refractivity contribution in [1.29, 1.82) is 0 Å². The van der Waals surface area contributed by atoms with E-state index in [0.29, 0.717) is 13.2 Å². The zero-order valence-corrected chi connectivity index (χ0v) is 18.8. The molecule has 32 heavy (non-hydrogen) atoms. The molecule has 1 aliphatic rings. The van der Waals surface area contributed by atoms with E-state index < -0.39 is 0 Å². The Morgan fingerprint density at radius 1 is 0.844 bits per heavy atom. The summed E-state index contributed by atoms with van der Waals surface area (Å²) in [4.78, 5) is 17.2. The molecule has 4 rings (SSSR count). The van der Waals surface area contributed by atoms with Gasteiger partial charge < -0.3 is 9.64 Å². The van der Waals surface area contributed by atoms with Crippen molar-refractivity contribution in [1.82, 2.24) is 9.80 Å². The first kappa shape index (κ1) is 22.1. The van der Waals surface area contributed by atoms with E-state index in [4.69, 9.17) is 4.74 Å². The number of amides is 1. The number of nitrogens with zero attached hydrogens (tertiary/aromatic N) is 2. The fourth-order valence-electron chi connectivity index (χ4n) is 4.28. The van der Waals surface area contributed by atoms with Gasteiger partial charge >= 0.3 is 0 Å². The van der Waals surface area contributed by atoms with E-state index >= 15 is 0 Å². The molecular formula is C28H32N2O2. The second-order valence-corrected chi connectivity index (χ2v) is 8.65. The van der Waals surface area contributed by atoms with Gasteiger partial charge in [-0.05, 0) is 54.8 Å². The summed E-state index contributed by atoms with van der Waals surface area (Å²) in [6, 6.07) is 28.8. The average molecular weight is 429 g/mol. The van der Waals surface area contributed by atoms with E-state index in [0.717, 1.165) is 38.2 Å². The minimum atomic E-state index is 0.133. The summed E-state index contributed by atoms with van der Waals surface area (Å²) in [7, 11) is 1.92. The normalized spacial score (nSPS) is 14.8. The lowest BCUT2D eigenvalue weighted by Gasteiger charge is -2.33. The zero-order valence-electron chi connectivity index (χ0n) is 18.8. The third kappa shape index (κ3) is 6.21. The van der Waals surface area contributed by atoms with Crippen LogP contribution in [0, 0.1) is 5.92 Å². The van der Waals surface area contributed by atoms with Gasteiger partial charge in [-0.25, -0.2) is 0 Å². The molecule has 0 N–H and O–H groups in total. The van der Waals surface area contributed by atoms with Crippen molar-refractivity contribution in [2.45, 2.75) is 32.5 Å². The number of hydrogen-bond acceptors (Lipinski definition) is 3. The van der Waals surface area contributed by atoms with Gasteiger partial charge in [-0.15, -0.1) is 0 Å². The molecule has 1 heterocycles. The Hall–Kier alpha value is -3.11. The largest absolute Gasteiger partial charge is 0.489 e. The van der Waals surface area contributed by atoms with Crippen molar-refractivity contribution in [2.24, 2.45) is 5.92 Å². The van der Waals surface area contributed by atoms with E-state index in [1.54, 1.807) is 0 Å². The van der Waals surface area contributed by atoms with E-state index in [-0.39, 0.29) is 11.8 Å². The van der Waals surface area contributed by atoms with Gasteiger partial charge in [0.25, 0.3) is 0 Å². The summed E-state index contributed by atoms with van der Waals surface area (Å²) in [6.45, 7) is 4.10. The predicted molar refractivity (Wildman–Crippen MR) is 128 cm³/mol. The van der Waals surface area contributed by atoms with Gasteiger partial charge in [-0.3, -0.25) is 9.69 Å². The molecule has 4 heteroatoms. The van der Waals surface area contributed by atoms with Crippen molar-refractivity contribution in [3.63, 3.8) is 0 Å². The summed E-state index contributed by atoms with van der Waals surface area (Å²) in [6.07, 6.45) is 1.85. The molecule has 0 bridgehead atoms. The Balaban J connectivity index is 1.21. The maximum Gasteiger partial charge on any atom is 0.225 e. The van der Waals surface area contributed by atoms with Gasteiger partial charge in [0.2, 0.25) is 5.91 Å². The van der Waals surface area contributed by atoms with E-state index in [2.05, 4.69) is 41.3 Å². The van der Waals surface area contributed by atoms with Gasteiger partial charge in [0, 0.05) is 26.1 Å². The summed E-state index contributed by atoms with van der Waals surface area (Å²) in [5, 5.41) is 0. The number of rotatable bonds is 8. The predicted octanol–water partition coefficient (Wildman–Crippen LogP) is 5.14. The molecule has 0 saturated carbocycles. The Morgan fingerprint density at radius 3 is 2.06 bits per heavy atom. The lowest BCUT2D eigenvalue weighted by Crippen LogP contribution is -2.40. The molecule has 3 aromatic carbocycles. The molecule has 166 valence electrons. The zero-order chi connectivity index (χ0) is 22.2. The highest BCUT2D eigenvalue weighted by molar-refractivity contribution is 5.78. The van der Waals surface area contributed by atoms with Crippen molar-refractivity contribution < 1.29 is 9.53 Å². The van der Waals surface area contributed by atoms with Crippen molar-refractivity contribution >= 4 is 5.91 Å². The summed E-state index contributed by atoms with van der Waals surface area (Å²) >= 11 is 0. The fourth-order valence-corrected chi connectivity index (χ4v) is 4.28. The topological polar surface area (TPSA) is 32.8 Å². The Bertz CT molecular complexity index is 965. The maximum absolute atomic E-state index is 12.9. The number of carbonyl (C=O) groups excluding carboxylic acids is 1. The minimum absolute atomic E-state index is 0.133. The van der Waals surface area contributed by atoms with E-state index in [1.807, 2.05) is 60.5 Å². The molecule has 3 aromatic rings. The highest BCUT2D eigenvalue weighted by atomic mass is 16.5. The Morgan fingerprint density at radius 2 is 1.44 bits per heavy atom. The SMILES string of the molecule is CN(Cc1ccccc1)C(=O)C1CCN(Cc2ccc(OCc3ccccc3)cc2)CC1. The lowest BCUT2D eigenvalue weighted by molar-refractivity contribution is -0.136. The van der Waals surface area contributed by atoms with Crippen LogP contribution >= 0.6 is 0 Å². The van der Waals surface area contributed by atoms with Gasteiger partial charge in [0.05, 0.1) is 0 Å². The second-order valence-electron chi connectivity index (χ2n) is 8.65. The van der Waals surface area contributed by atoms with Crippen LogP contribution < -0.4 is 4.74 Å². The van der Waals surface area contributed by atoms with Crippen molar-refractivity contribution in [3.05, 3.63) is 102 Å². The first-order valence-electron chi connectivity index (χ1n) is 11.4. The van der Waals surface area contributed by atoms with E-state index in [1.165, 1.54) is 16.7 Å². The lowest BCUT2D eigenvalue weighted by atomic mass is 9.95. The van der Waals surface area contributed by atoms with Gasteiger partial charge in [0.15, 0.2) is 0 Å². The number of ether oxygens (including phenoxy) is 1. The van der Waals surface area contributed by atoms with Crippen LogP contribution in [0.2, 0.25) is 0 Å². The molecule has 1 fully saturated rings. The van der Waals surface area contributed by atoms with Crippen LogP contribution in [-0.2, 0) is 24.5 Å². The third-order valence-electron chi connectivity index (χ3n) is 6.15. The van der Waals surface area contributed by atoms with Crippen LogP contribution in [0.1, 0.15) is 29.5 Å². The van der Waals surface area contributed by atoms with Gasteiger partial charge in [-0.1, -0.05) is 72.8 Å². The van der Waals surface area contributed by atoms with Crippen LogP contribution in [0.3, 0.4) is 0 Å². The minimum Gasteiger partial charge on any atom is -0.489 e. The number of likely N-dealkylation sites (tertiary alicyclic amines) is 1. The molecule has 1 amide bonds. The van der Waals surface area contributed by atoms with Crippen LogP contribution in [0.5, 0.6) is 5.75 Å². The van der Waals surface area contributed by atoms with Crippen molar-refractivity contribution in [2.75, 3.05) is 20.1 Å². The molecule has 0 unspecified atom stereocenters. The summed E-state index contributed by atoms with van der Waals surface area (Å²) < 4.78 is 5.89. The summed E-state index contributed by atoms with van der Waals surface area (Å²) in [5.74, 6) is 1.30. The third-order valence-corrected chi connectivity index (χ3v) is 6.15. The molecule has 0 spiro atoms. The first-order valence-corrected chi connectivity index (χ1v) is 11.4. The number of piperidine rings is 1. The molecule has 0 radical (unpaired) electrons. The van der Waals surface area contributed by atoms with E-state index in [9.17, 15) is 4.79 Å². The molecule has 1 saturated heterocycles. The number of carbonyl (C=O) groups is 1. The maximum atomic E-state index is 12.9. The van der Waals surface area contributed by atoms with Crippen LogP contribution in [0.4, 0.5) is 0 Å². The number of benzene rings is 3. The standard InChI is InChI=1S/C28H32N2O2/c1-29(20-23-8-4-2-5-9-23)28(31)26-16-18-30(19-17-26)21-24-12-14-27(15-13-24)32-22-25-10-6-3-7-11-25/h2-15,26H,16-22H2,1H3. The quantitative estimate of drug-likeness (QED) is 0.498. The number of hydrogen-bond donors (Lipinski definition) is 0. The highest BCUT2D eigenvalue weighted by Crippen LogP contribution is 2.22. The molecule has 0 aliphatic carbocycles. The average Bonchev–Trinajstić information content (AvgIpc) is 2.85. The smallest absolute Gasteiger partial charge is 0.225 e. The molecule has 0 atom stereocenters. The Labute approximate surface area is 191 Å². The van der Waals surface area contributed by atoms with Gasteiger partial charge in [0.1, 0.15) is 12.4 Å². The Kier molecular flexibility index (Phi) is 7.57. The van der Waals surface area contributed by atoms with Crippen molar-refractivity contribution in [3.8, 4) is 5.75 Å². The fraction of sp³-hybridized carbons (Fsp3) is 0.321.